The Bertz CT molecular complexity index is 78.9. The second kappa shape index (κ2) is 1.51. The summed E-state index contributed by atoms with van der Waals surface area (Å²) in [5.41, 5.74) is 5.25. The Labute approximate surface area is 40.8 Å². The number of amidine groups is 1. The number of rotatable bonds is 0. The van der Waals surface area contributed by atoms with Crippen LogP contribution in [0.3, 0.4) is 0 Å². The van der Waals surface area contributed by atoms with Crippen molar-refractivity contribution in [3.05, 3.63) is 0 Å². The lowest BCUT2D eigenvalue weighted by molar-refractivity contribution is 1.17. The average Bonchev–Trinajstić information content (AvgIpc) is 1.86. The molecule has 0 fully saturated rings. The van der Waals surface area contributed by atoms with Crippen molar-refractivity contribution in [3.63, 3.8) is 0 Å². The minimum Gasteiger partial charge on any atom is -0.379 e. The van der Waals surface area contributed by atoms with Gasteiger partial charge < -0.3 is 5.73 Å². The summed E-state index contributed by atoms with van der Waals surface area (Å²) in [7, 11) is 0. The van der Waals surface area contributed by atoms with E-state index >= 15 is 0 Å². The van der Waals surface area contributed by atoms with Crippen molar-refractivity contribution in [2.45, 2.75) is 0 Å². The highest BCUT2D eigenvalue weighted by molar-refractivity contribution is 8.14. The van der Waals surface area contributed by atoms with E-state index in [1.54, 1.807) is 11.8 Å². The highest BCUT2D eigenvalue weighted by Gasteiger charge is 1.98. The standard InChI is InChI=1S/C3H6N2S/c4-3-5-1-2-6-3/h1-2H2,(H2,4,5)/i6+3. The van der Waals surface area contributed by atoms with Gasteiger partial charge in [0.1, 0.15) is 0 Å². The third-order valence-electron chi connectivity index (χ3n) is 0.609. The van der Waals surface area contributed by atoms with E-state index in [4.69, 9.17) is 5.73 Å². The van der Waals surface area contributed by atoms with E-state index < -0.39 is 0 Å². The van der Waals surface area contributed by atoms with Crippen molar-refractivity contribution in [1.29, 1.82) is 0 Å². The number of nitrogens with zero attached hydrogens (tertiary/aromatic N) is 1. The van der Waals surface area contributed by atoms with Crippen molar-refractivity contribution in [3.8, 4) is 0 Å². The topological polar surface area (TPSA) is 38.4 Å². The van der Waals surface area contributed by atoms with Crippen LogP contribution in [0.15, 0.2) is 4.99 Å². The van der Waals surface area contributed by atoms with Crippen molar-refractivity contribution < 1.29 is 0 Å². The first kappa shape index (κ1) is 3.99. The Morgan fingerprint density at radius 1 is 1.83 bits per heavy atom. The molecule has 1 aliphatic rings. The van der Waals surface area contributed by atoms with E-state index in [1.165, 1.54) is 0 Å². The minimum atomic E-state index is 0.745. The molecule has 0 saturated carbocycles. The van der Waals surface area contributed by atoms with E-state index in [1.807, 2.05) is 0 Å². The molecule has 1 rings (SSSR count). The largest absolute Gasteiger partial charge is 0.379 e. The molecule has 0 unspecified atom stereocenters. The van der Waals surface area contributed by atoms with Crippen LogP contribution in [0.4, 0.5) is 0 Å². The zero-order valence-electron chi connectivity index (χ0n) is 3.35. The molecule has 0 bridgehead atoms. The first-order chi connectivity index (χ1) is 2.89. The monoisotopic (exact) mass is 105 g/mol. The molecule has 0 radical (unpaired) electrons. The predicted molar refractivity (Wildman–Crippen MR) is 28.9 cm³/mol. The first-order valence-corrected chi connectivity index (χ1v) is 2.81. The number of hydrogen-bond acceptors (Lipinski definition) is 3. The molecule has 0 aliphatic carbocycles. The zero-order valence-corrected chi connectivity index (χ0v) is 4.16. The van der Waals surface area contributed by atoms with Gasteiger partial charge in [0, 0.05) is 5.75 Å². The Morgan fingerprint density at radius 3 is 2.83 bits per heavy atom. The summed E-state index contributed by atoms with van der Waals surface area (Å²) < 4.78 is 0. The van der Waals surface area contributed by atoms with Gasteiger partial charge in [-0.15, -0.1) is 0 Å². The van der Waals surface area contributed by atoms with Gasteiger partial charge in [0.15, 0.2) is 5.17 Å². The molecule has 6 heavy (non-hydrogen) atoms. The van der Waals surface area contributed by atoms with Gasteiger partial charge in [0.25, 0.3) is 0 Å². The summed E-state index contributed by atoms with van der Waals surface area (Å²) >= 11 is 1.62. The molecule has 1 heterocycles. The Hall–Kier alpha value is -0.180. The molecule has 2 N–H and O–H groups in total. The van der Waals surface area contributed by atoms with Crippen LogP contribution in [0.5, 0.6) is 0 Å². The number of hydrogen-bond donors (Lipinski definition) is 1. The third kappa shape index (κ3) is 0.653. The van der Waals surface area contributed by atoms with Crippen LogP contribution in [0.1, 0.15) is 0 Å². The third-order valence-corrected chi connectivity index (χ3v) is 1.42. The molecule has 2 nitrogen and oxygen atoms in total. The molecule has 0 aromatic rings. The minimum absolute atomic E-state index is 0.745. The fourth-order valence-electron chi connectivity index (χ4n) is 0.352. The van der Waals surface area contributed by atoms with Gasteiger partial charge in [-0.1, -0.05) is 11.8 Å². The van der Waals surface area contributed by atoms with Crippen molar-refractivity contribution in [2.75, 3.05) is 12.3 Å². The summed E-state index contributed by atoms with van der Waals surface area (Å²) in [4.78, 5) is 3.89. The van der Waals surface area contributed by atoms with Gasteiger partial charge in [-0.25, -0.2) is 0 Å². The molecule has 0 spiro atoms. The predicted octanol–water partition coefficient (Wildman–Crippen LogP) is 0.0479. The molecule has 0 amide bonds. The Morgan fingerprint density at radius 2 is 2.67 bits per heavy atom. The van der Waals surface area contributed by atoms with Crippen LogP contribution in [-0.2, 0) is 0 Å². The SMILES string of the molecule is NC1=NCC[35S]1. The smallest absolute Gasteiger partial charge is 0.153 e. The van der Waals surface area contributed by atoms with Gasteiger partial charge >= 0.3 is 0 Å². The van der Waals surface area contributed by atoms with Crippen LogP contribution < -0.4 is 5.73 Å². The molecule has 34 valence electrons. The summed E-state index contributed by atoms with van der Waals surface area (Å²) in [5, 5.41) is 0.745. The van der Waals surface area contributed by atoms with Crippen molar-refractivity contribution >= 4 is 16.9 Å². The van der Waals surface area contributed by atoms with Crippen molar-refractivity contribution in [2.24, 2.45) is 10.7 Å². The lowest BCUT2D eigenvalue weighted by Crippen LogP contribution is -2.00. The van der Waals surface area contributed by atoms with E-state index in [2.05, 4.69) is 4.99 Å². The number of nitrogens with two attached hydrogens (primary N) is 1. The van der Waals surface area contributed by atoms with Gasteiger partial charge in [-0.3, -0.25) is 4.99 Å². The number of aliphatic imine (C=N–C) groups is 1. The van der Waals surface area contributed by atoms with Crippen LogP contribution in [0.2, 0.25) is 0 Å². The zero-order chi connectivity index (χ0) is 4.41. The fourth-order valence-corrected chi connectivity index (χ4v) is 0.926. The molecule has 0 saturated heterocycles. The van der Waals surface area contributed by atoms with E-state index in [9.17, 15) is 0 Å². The van der Waals surface area contributed by atoms with E-state index in [0.717, 1.165) is 17.5 Å². The Kier molecular flexibility index (Phi) is 1.01. The van der Waals surface area contributed by atoms with Crippen LogP contribution in [0.25, 0.3) is 0 Å². The highest BCUT2D eigenvalue weighted by atomic mass is 35.1. The fraction of sp³-hybridized carbons (Fsp3) is 0.667. The maximum atomic E-state index is 5.25. The summed E-state index contributed by atoms with van der Waals surface area (Å²) in [6.45, 7) is 0.913. The normalized spacial score (nSPS) is 21.0. The molecule has 0 atom stereocenters. The maximum Gasteiger partial charge on any atom is 0.153 e. The number of thioether (sulfide) groups is 1. The lowest BCUT2D eigenvalue weighted by atomic mass is 10.8. The molecule has 0 aromatic carbocycles. The van der Waals surface area contributed by atoms with Gasteiger partial charge in [0.05, 0.1) is 6.54 Å². The Balaban J connectivity index is 2.45. The summed E-state index contributed by atoms with van der Waals surface area (Å²) in [5.74, 6) is 1.08. The molecular formula is C3H6N2S. The summed E-state index contributed by atoms with van der Waals surface area (Å²) in [6.07, 6.45) is 0. The van der Waals surface area contributed by atoms with Crippen LogP contribution in [-0.4, -0.2) is 17.5 Å². The molecule has 1 aliphatic heterocycles. The maximum absolute atomic E-state index is 5.25. The van der Waals surface area contributed by atoms with E-state index in [0.29, 0.717) is 0 Å². The molecular weight excluding hydrogens is 99.0 g/mol. The average molecular weight is 105 g/mol. The highest BCUT2D eigenvalue weighted by Crippen LogP contribution is 2.05. The quantitative estimate of drug-likeness (QED) is 0.472. The first-order valence-electron chi connectivity index (χ1n) is 1.82. The molecule has 3 heteroatoms. The van der Waals surface area contributed by atoms with Gasteiger partial charge in [0.2, 0.25) is 0 Å². The van der Waals surface area contributed by atoms with E-state index in [-0.39, 0.29) is 0 Å². The molecule has 0 aromatic heterocycles. The van der Waals surface area contributed by atoms with Crippen LogP contribution >= 0.6 is 11.8 Å². The van der Waals surface area contributed by atoms with Gasteiger partial charge in [-0.2, -0.15) is 0 Å². The van der Waals surface area contributed by atoms with Crippen LogP contribution in [0, 0.1) is 0 Å². The second-order valence-electron chi connectivity index (χ2n) is 1.07. The summed E-state index contributed by atoms with van der Waals surface area (Å²) in [6, 6.07) is 0. The lowest BCUT2D eigenvalue weighted by Gasteiger charge is -1.78. The second-order valence-corrected chi connectivity index (χ2v) is 2.18. The van der Waals surface area contributed by atoms with Gasteiger partial charge in [-0.05, 0) is 0 Å². The van der Waals surface area contributed by atoms with Crippen molar-refractivity contribution in [1.82, 2.24) is 0 Å².